The zero-order chi connectivity index (χ0) is 15.2. The molecular formula is C15H26N2O2S. The van der Waals surface area contributed by atoms with Gasteiger partial charge in [-0.2, -0.15) is 11.8 Å². The average molecular weight is 298 g/mol. The molecule has 0 saturated carbocycles. The molecule has 1 aliphatic rings. The van der Waals surface area contributed by atoms with Gasteiger partial charge in [0.15, 0.2) is 0 Å². The fourth-order valence-electron chi connectivity index (χ4n) is 2.65. The van der Waals surface area contributed by atoms with Crippen LogP contribution in [0, 0.1) is 0 Å². The molecule has 1 saturated heterocycles. The molecule has 1 fully saturated rings. The monoisotopic (exact) mass is 298 g/mol. The minimum Gasteiger partial charge on any atom is -0.340 e. The van der Waals surface area contributed by atoms with Crippen LogP contribution < -0.4 is 5.32 Å². The van der Waals surface area contributed by atoms with E-state index in [4.69, 9.17) is 0 Å². The molecule has 0 aromatic rings. The smallest absolute Gasteiger partial charge is 0.249 e. The molecule has 2 amide bonds. The van der Waals surface area contributed by atoms with E-state index in [0.29, 0.717) is 25.8 Å². The normalized spacial score (nSPS) is 21.8. The molecule has 1 atom stereocenters. The number of amides is 2. The lowest BCUT2D eigenvalue weighted by molar-refractivity contribution is -0.155. The summed E-state index contributed by atoms with van der Waals surface area (Å²) in [5, 5.41) is 2.96. The van der Waals surface area contributed by atoms with Crippen LogP contribution in [-0.2, 0) is 9.59 Å². The van der Waals surface area contributed by atoms with E-state index in [1.54, 1.807) is 16.7 Å². The first-order valence-electron chi connectivity index (χ1n) is 7.38. The van der Waals surface area contributed by atoms with Gasteiger partial charge in [-0.05, 0) is 19.3 Å². The maximum atomic E-state index is 12.8. The van der Waals surface area contributed by atoms with Crippen molar-refractivity contribution in [2.45, 2.75) is 51.6 Å². The van der Waals surface area contributed by atoms with Gasteiger partial charge in [0.2, 0.25) is 11.8 Å². The van der Waals surface area contributed by atoms with Crippen molar-refractivity contribution in [3.05, 3.63) is 12.7 Å². The van der Waals surface area contributed by atoms with Crippen molar-refractivity contribution in [2.75, 3.05) is 18.1 Å². The highest BCUT2D eigenvalue weighted by Crippen LogP contribution is 2.26. The molecule has 1 rings (SSSR count). The van der Waals surface area contributed by atoms with Gasteiger partial charge >= 0.3 is 0 Å². The molecule has 0 spiro atoms. The van der Waals surface area contributed by atoms with Crippen LogP contribution in [0.5, 0.6) is 0 Å². The molecule has 20 heavy (non-hydrogen) atoms. The molecule has 1 aliphatic heterocycles. The first kappa shape index (κ1) is 17.1. The van der Waals surface area contributed by atoms with Gasteiger partial charge in [-0.25, -0.2) is 0 Å². The van der Waals surface area contributed by atoms with Crippen LogP contribution in [0.2, 0.25) is 0 Å². The summed E-state index contributed by atoms with van der Waals surface area (Å²) < 4.78 is 0. The number of hydrogen-bond acceptors (Lipinski definition) is 3. The third-order valence-electron chi connectivity index (χ3n) is 4.02. The van der Waals surface area contributed by atoms with Crippen molar-refractivity contribution < 1.29 is 9.59 Å². The molecule has 5 heteroatoms. The summed E-state index contributed by atoms with van der Waals surface area (Å²) in [6, 6.07) is -0.321. The standard InChI is InChI=1S/C15H26N2O2S/c1-5-10-20-11-9-17-12(6-2)13(18)16-15(7-3,8-4)14(17)19/h5,12H,1,6-11H2,2-4H3,(H,16,18). The largest absolute Gasteiger partial charge is 0.340 e. The zero-order valence-corrected chi connectivity index (χ0v) is 13.6. The van der Waals surface area contributed by atoms with Crippen LogP contribution in [-0.4, -0.2) is 46.3 Å². The van der Waals surface area contributed by atoms with Crippen molar-refractivity contribution in [1.29, 1.82) is 0 Å². The highest BCUT2D eigenvalue weighted by molar-refractivity contribution is 7.99. The molecule has 4 nitrogen and oxygen atoms in total. The number of thioether (sulfide) groups is 1. The first-order valence-corrected chi connectivity index (χ1v) is 8.53. The van der Waals surface area contributed by atoms with Crippen LogP contribution in [0.15, 0.2) is 12.7 Å². The lowest BCUT2D eigenvalue weighted by atomic mass is 9.86. The summed E-state index contributed by atoms with van der Waals surface area (Å²) in [6.45, 7) is 10.2. The minimum atomic E-state index is -0.703. The molecule has 0 radical (unpaired) electrons. The van der Waals surface area contributed by atoms with Crippen molar-refractivity contribution in [1.82, 2.24) is 10.2 Å². The summed E-state index contributed by atoms with van der Waals surface area (Å²) in [5.74, 6) is 1.78. The predicted octanol–water partition coefficient (Wildman–Crippen LogP) is 2.20. The van der Waals surface area contributed by atoms with Gasteiger partial charge in [0.1, 0.15) is 11.6 Å². The Labute approximate surface area is 126 Å². The van der Waals surface area contributed by atoms with E-state index in [-0.39, 0.29) is 17.9 Å². The molecule has 1 N–H and O–H groups in total. The van der Waals surface area contributed by atoms with E-state index in [1.807, 2.05) is 26.8 Å². The van der Waals surface area contributed by atoms with Gasteiger partial charge in [0.05, 0.1) is 0 Å². The number of carbonyl (C=O) groups excluding carboxylic acids is 2. The Bertz CT molecular complexity index is 367. The van der Waals surface area contributed by atoms with Crippen LogP contribution in [0.3, 0.4) is 0 Å². The van der Waals surface area contributed by atoms with E-state index in [2.05, 4.69) is 11.9 Å². The predicted molar refractivity (Wildman–Crippen MR) is 84.8 cm³/mol. The van der Waals surface area contributed by atoms with E-state index in [1.165, 1.54) is 0 Å². The molecular weight excluding hydrogens is 272 g/mol. The number of hydrogen-bond donors (Lipinski definition) is 1. The maximum Gasteiger partial charge on any atom is 0.249 e. The fourth-order valence-corrected chi connectivity index (χ4v) is 3.31. The van der Waals surface area contributed by atoms with E-state index < -0.39 is 5.54 Å². The Balaban J connectivity index is 2.86. The number of carbonyl (C=O) groups is 2. The summed E-state index contributed by atoms with van der Waals surface area (Å²) in [5.41, 5.74) is -0.703. The lowest BCUT2D eigenvalue weighted by Crippen LogP contribution is -2.70. The second-order valence-electron chi connectivity index (χ2n) is 5.06. The molecule has 0 aromatic heterocycles. The first-order chi connectivity index (χ1) is 9.56. The Hall–Kier alpha value is -0.970. The maximum absolute atomic E-state index is 12.8. The summed E-state index contributed by atoms with van der Waals surface area (Å²) >= 11 is 1.73. The minimum absolute atomic E-state index is 0.00970. The highest BCUT2D eigenvalue weighted by atomic mass is 32.2. The van der Waals surface area contributed by atoms with Crippen molar-refractivity contribution >= 4 is 23.6 Å². The lowest BCUT2D eigenvalue weighted by Gasteiger charge is -2.45. The molecule has 1 heterocycles. The van der Waals surface area contributed by atoms with Crippen molar-refractivity contribution in [2.24, 2.45) is 0 Å². The van der Waals surface area contributed by atoms with E-state index in [9.17, 15) is 9.59 Å². The highest BCUT2D eigenvalue weighted by Gasteiger charge is 2.47. The van der Waals surface area contributed by atoms with Crippen molar-refractivity contribution in [3.63, 3.8) is 0 Å². The third-order valence-corrected chi connectivity index (χ3v) is 4.96. The van der Waals surface area contributed by atoms with Gasteiger partial charge < -0.3 is 10.2 Å². The average Bonchev–Trinajstić information content (AvgIpc) is 2.46. The quantitative estimate of drug-likeness (QED) is 0.552. The number of nitrogens with one attached hydrogen (secondary N) is 1. The number of rotatable bonds is 8. The van der Waals surface area contributed by atoms with Gasteiger partial charge in [-0.1, -0.05) is 26.8 Å². The third kappa shape index (κ3) is 3.37. The number of nitrogens with zero attached hydrogens (tertiary/aromatic N) is 1. The van der Waals surface area contributed by atoms with Crippen LogP contribution >= 0.6 is 11.8 Å². The second kappa shape index (κ2) is 7.72. The van der Waals surface area contributed by atoms with Gasteiger partial charge in [0.25, 0.3) is 0 Å². The van der Waals surface area contributed by atoms with Gasteiger partial charge in [-0.15, -0.1) is 6.58 Å². The topological polar surface area (TPSA) is 49.4 Å². The summed E-state index contributed by atoms with van der Waals surface area (Å²) in [6.07, 6.45) is 3.80. The fraction of sp³-hybridized carbons (Fsp3) is 0.733. The molecule has 0 aromatic carbocycles. The molecule has 0 bridgehead atoms. The Morgan fingerprint density at radius 2 is 2.00 bits per heavy atom. The van der Waals surface area contributed by atoms with Crippen molar-refractivity contribution in [3.8, 4) is 0 Å². The SMILES string of the molecule is C=CCSCCN1C(=O)C(CC)(CC)NC(=O)C1CC. The summed E-state index contributed by atoms with van der Waals surface area (Å²) in [4.78, 5) is 26.8. The van der Waals surface area contributed by atoms with Crippen LogP contribution in [0.25, 0.3) is 0 Å². The Morgan fingerprint density at radius 1 is 1.35 bits per heavy atom. The molecule has 114 valence electrons. The molecule has 0 aliphatic carbocycles. The van der Waals surface area contributed by atoms with E-state index in [0.717, 1.165) is 11.5 Å². The van der Waals surface area contributed by atoms with Crippen LogP contribution in [0.1, 0.15) is 40.0 Å². The number of piperazine rings is 1. The summed E-state index contributed by atoms with van der Waals surface area (Å²) in [7, 11) is 0. The van der Waals surface area contributed by atoms with Gasteiger partial charge in [-0.3, -0.25) is 9.59 Å². The second-order valence-corrected chi connectivity index (χ2v) is 6.21. The Kier molecular flexibility index (Phi) is 6.59. The Morgan fingerprint density at radius 3 is 2.50 bits per heavy atom. The molecule has 1 unspecified atom stereocenters. The van der Waals surface area contributed by atoms with Crippen LogP contribution in [0.4, 0.5) is 0 Å². The zero-order valence-electron chi connectivity index (χ0n) is 12.8. The van der Waals surface area contributed by atoms with E-state index >= 15 is 0 Å². The van der Waals surface area contributed by atoms with Gasteiger partial charge in [0, 0.05) is 18.1 Å².